The number of tetrazole rings is 1. The standard InChI is InChI=1S/C16H18N6OS/c1-11(15(23)18-13-8-6-12(10-17)7-9-13)24-16-19-20-21-22(16)14-4-2-3-5-14/h6-9,11,14H,2-5H2,1H3,(H,18,23)/t11-/m0/s1. The average Bonchev–Trinajstić information content (AvgIpc) is 3.26. The molecule has 1 aliphatic carbocycles. The minimum atomic E-state index is -0.327. The Morgan fingerprint density at radius 3 is 2.75 bits per heavy atom. The highest BCUT2D eigenvalue weighted by Crippen LogP contribution is 2.32. The van der Waals surface area contributed by atoms with Gasteiger partial charge in [-0.3, -0.25) is 4.79 Å². The summed E-state index contributed by atoms with van der Waals surface area (Å²) in [5.41, 5.74) is 1.23. The van der Waals surface area contributed by atoms with Gasteiger partial charge in [0, 0.05) is 5.69 Å². The highest BCUT2D eigenvalue weighted by Gasteiger charge is 2.24. The van der Waals surface area contributed by atoms with Crippen molar-refractivity contribution in [1.82, 2.24) is 20.2 Å². The third kappa shape index (κ3) is 3.74. The monoisotopic (exact) mass is 342 g/mol. The molecule has 1 atom stereocenters. The molecule has 1 aromatic heterocycles. The van der Waals surface area contributed by atoms with Crippen LogP contribution in [0.5, 0.6) is 0 Å². The third-order valence-corrected chi connectivity index (χ3v) is 5.11. The lowest BCUT2D eigenvalue weighted by molar-refractivity contribution is -0.115. The Kier molecular flexibility index (Phi) is 5.11. The lowest BCUT2D eigenvalue weighted by atomic mass is 10.2. The van der Waals surface area contributed by atoms with E-state index < -0.39 is 0 Å². The molecule has 1 aromatic carbocycles. The summed E-state index contributed by atoms with van der Waals surface area (Å²) in [5.74, 6) is -0.120. The van der Waals surface area contributed by atoms with E-state index in [-0.39, 0.29) is 11.2 Å². The molecule has 0 unspecified atom stereocenters. The van der Waals surface area contributed by atoms with Crippen molar-refractivity contribution in [1.29, 1.82) is 5.26 Å². The Labute approximate surface area is 144 Å². The number of nitrogens with zero attached hydrogens (tertiary/aromatic N) is 5. The van der Waals surface area contributed by atoms with Crippen molar-refractivity contribution in [2.75, 3.05) is 5.32 Å². The highest BCUT2D eigenvalue weighted by atomic mass is 32.2. The zero-order chi connectivity index (χ0) is 16.9. The molecule has 3 rings (SSSR count). The minimum absolute atomic E-state index is 0.120. The minimum Gasteiger partial charge on any atom is -0.325 e. The van der Waals surface area contributed by atoms with Crippen LogP contribution in [0.4, 0.5) is 5.69 Å². The number of rotatable bonds is 5. The summed E-state index contributed by atoms with van der Waals surface area (Å²) >= 11 is 1.36. The second-order valence-corrected chi connectivity index (χ2v) is 7.09. The first-order valence-corrected chi connectivity index (χ1v) is 8.81. The van der Waals surface area contributed by atoms with Gasteiger partial charge in [0.05, 0.1) is 22.9 Å². The second-order valence-electron chi connectivity index (χ2n) is 5.78. The van der Waals surface area contributed by atoms with Gasteiger partial charge in [0.2, 0.25) is 11.1 Å². The van der Waals surface area contributed by atoms with E-state index in [0.29, 0.717) is 22.4 Å². The van der Waals surface area contributed by atoms with E-state index in [9.17, 15) is 4.79 Å². The zero-order valence-electron chi connectivity index (χ0n) is 13.3. The molecule has 0 spiro atoms. The van der Waals surface area contributed by atoms with E-state index >= 15 is 0 Å². The molecule has 1 fully saturated rings. The van der Waals surface area contributed by atoms with Gasteiger partial charge in [0.1, 0.15) is 0 Å². The number of carbonyl (C=O) groups excluding carboxylic acids is 1. The van der Waals surface area contributed by atoms with Crippen molar-refractivity contribution >= 4 is 23.4 Å². The van der Waals surface area contributed by atoms with Gasteiger partial charge in [-0.1, -0.05) is 24.6 Å². The molecule has 24 heavy (non-hydrogen) atoms. The van der Waals surface area contributed by atoms with Crippen molar-refractivity contribution < 1.29 is 4.79 Å². The number of amides is 1. The summed E-state index contributed by atoms with van der Waals surface area (Å²) in [7, 11) is 0. The summed E-state index contributed by atoms with van der Waals surface area (Å²) in [4.78, 5) is 12.4. The van der Waals surface area contributed by atoms with E-state index in [0.717, 1.165) is 12.8 Å². The maximum absolute atomic E-state index is 12.4. The van der Waals surface area contributed by atoms with Crippen molar-refractivity contribution in [3.05, 3.63) is 29.8 Å². The number of hydrogen-bond acceptors (Lipinski definition) is 6. The molecule has 1 amide bonds. The summed E-state index contributed by atoms with van der Waals surface area (Å²) in [6.07, 6.45) is 4.57. The maximum atomic E-state index is 12.4. The molecule has 1 saturated carbocycles. The number of hydrogen-bond donors (Lipinski definition) is 1. The Hall–Kier alpha value is -2.40. The van der Waals surface area contributed by atoms with Crippen LogP contribution in [0.3, 0.4) is 0 Å². The van der Waals surface area contributed by atoms with Gasteiger partial charge in [-0.2, -0.15) is 5.26 Å². The first kappa shape index (κ1) is 16.5. The summed E-state index contributed by atoms with van der Waals surface area (Å²) in [6, 6.07) is 9.18. The summed E-state index contributed by atoms with van der Waals surface area (Å²) in [6.45, 7) is 1.83. The van der Waals surface area contributed by atoms with E-state index in [1.54, 1.807) is 24.3 Å². The molecule has 0 saturated heterocycles. The molecule has 124 valence electrons. The fraction of sp³-hybridized carbons (Fsp3) is 0.438. The largest absolute Gasteiger partial charge is 0.325 e. The van der Waals surface area contributed by atoms with Gasteiger partial charge in [0.15, 0.2) is 0 Å². The molecule has 1 heterocycles. The lowest BCUT2D eigenvalue weighted by Gasteiger charge is -2.14. The molecular formula is C16H18N6OS. The Morgan fingerprint density at radius 1 is 1.38 bits per heavy atom. The number of nitriles is 1. The van der Waals surface area contributed by atoms with E-state index in [4.69, 9.17) is 5.26 Å². The maximum Gasteiger partial charge on any atom is 0.237 e. The SMILES string of the molecule is C[C@H](Sc1nnnn1C1CCCC1)C(=O)Nc1ccc(C#N)cc1. The topological polar surface area (TPSA) is 96.5 Å². The summed E-state index contributed by atoms with van der Waals surface area (Å²) < 4.78 is 1.85. The first-order valence-electron chi connectivity index (χ1n) is 7.93. The van der Waals surface area contributed by atoms with Gasteiger partial charge < -0.3 is 5.32 Å². The van der Waals surface area contributed by atoms with Crippen LogP contribution in [0.15, 0.2) is 29.4 Å². The molecule has 0 radical (unpaired) electrons. The third-order valence-electron chi connectivity index (χ3n) is 4.07. The van der Waals surface area contributed by atoms with Crippen LogP contribution in [-0.2, 0) is 4.79 Å². The smallest absolute Gasteiger partial charge is 0.237 e. The fourth-order valence-electron chi connectivity index (χ4n) is 2.72. The van der Waals surface area contributed by atoms with Crippen molar-refractivity contribution in [3.8, 4) is 6.07 Å². The fourth-order valence-corrected chi connectivity index (χ4v) is 3.58. The quantitative estimate of drug-likeness (QED) is 0.839. The van der Waals surface area contributed by atoms with Crippen molar-refractivity contribution in [2.45, 2.75) is 49.1 Å². The highest BCUT2D eigenvalue weighted by molar-refractivity contribution is 8.00. The van der Waals surface area contributed by atoms with Crippen LogP contribution in [0.1, 0.15) is 44.2 Å². The van der Waals surface area contributed by atoms with Gasteiger partial charge in [0.25, 0.3) is 0 Å². The van der Waals surface area contributed by atoms with Crippen molar-refractivity contribution in [3.63, 3.8) is 0 Å². The van der Waals surface area contributed by atoms with Gasteiger partial charge in [-0.25, -0.2) is 4.68 Å². The van der Waals surface area contributed by atoms with Crippen LogP contribution in [0.25, 0.3) is 0 Å². The number of benzene rings is 1. The van der Waals surface area contributed by atoms with Crippen LogP contribution in [-0.4, -0.2) is 31.4 Å². The molecule has 0 aliphatic heterocycles. The van der Waals surface area contributed by atoms with E-state index in [1.165, 1.54) is 24.6 Å². The normalized spacial score (nSPS) is 15.8. The number of thioether (sulfide) groups is 1. The number of anilines is 1. The molecule has 0 bridgehead atoms. The van der Waals surface area contributed by atoms with Crippen LogP contribution >= 0.6 is 11.8 Å². The van der Waals surface area contributed by atoms with E-state index in [1.807, 2.05) is 11.6 Å². The molecule has 1 aliphatic rings. The number of carbonyl (C=O) groups is 1. The predicted molar refractivity (Wildman–Crippen MR) is 90.4 cm³/mol. The van der Waals surface area contributed by atoms with Crippen LogP contribution in [0, 0.1) is 11.3 Å². The zero-order valence-corrected chi connectivity index (χ0v) is 14.2. The Morgan fingerprint density at radius 2 is 2.08 bits per heavy atom. The molecule has 8 heteroatoms. The van der Waals surface area contributed by atoms with Crippen LogP contribution in [0.2, 0.25) is 0 Å². The van der Waals surface area contributed by atoms with Gasteiger partial charge in [-0.15, -0.1) is 5.10 Å². The second kappa shape index (κ2) is 7.45. The Balaban J connectivity index is 1.62. The first-order chi connectivity index (χ1) is 11.7. The summed E-state index contributed by atoms with van der Waals surface area (Å²) in [5, 5.41) is 23.9. The number of nitrogens with one attached hydrogen (secondary N) is 1. The molecule has 7 nitrogen and oxygen atoms in total. The number of aromatic nitrogens is 4. The van der Waals surface area contributed by atoms with Crippen LogP contribution < -0.4 is 5.32 Å². The van der Waals surface area contributed by atoms with Gasteiger partial charge in [-0.05, 0) is 54.5 Å². The average molecular weight is 342 g/mol. The Bertz CT molecular complexity index is 745. The molecular weight excluding hydrogens is 324 g/mol. The lowest BCUT2D eigenvalue weighted by Crippen LogP contribution is -2.23. The molecule has 2 aromatic rings. The predicted octanol–water partition coefficient (Wildman–Crippen LogP) is 2.78. The van der Waals surface area contributed by atoms with E-state index in [2.05, 4.69) is 26.9 Å². The molecule has 1 N–H and O–H groups in total. The van der Waals surface area contributed by atoms with Gasteiger partial charge >= 0.3 is 0 Å². The van der Waals surface area contributed by atoms with Crippen molar-refractivity contribution in [2.24, 2.45) is 0 Å².